The summed E-state index contributed by atoms with van der Waals surface area (Å²) in [6.07, 6.45) is -0.510. The lowest BCUT2D eigenvalue weighted by Crippen LogP contribution is -2.44. The molecule has 2 atom stereocenters. The smallest absolute Gasteiger partial charge is 0.317 e. The third kappa shape index (κ3) is 5.48. The molecular weight excluding hydrogens is 374 g/mol. The largest absolute Gasteiger partial charge is 0.452 e. The molecule has 0 aromatic heterocycles. The number of hydrogen-bond acceptors (Lipinski definition) is 6. The monoisotopic (exact) mass is 399 g/mol. The number of esters is 1. The molecule has 144 valence electrons. The summed E-state index contributed by atoms with van der Waals surface area (Å²) in [5.41, 5.74) is 2.25. The van der Waals surface area contributed by atoms with Gasteiger partial charge in [0.15, 0.2) is 15.9 Å². The van der Waals surface area contributed by atoms with Crippen molar-refractivity contribution in [2.24, 2.45) is 0 Å². The number of thioether (sulfide) groups is 1. The Bertz CT molecular complexity index is 791. The number of aryl methyl sites for hydroxylation is 2. The zero-order valence-corrected chi connectivity index (χ0v) is 17.2. The molecule has 1 heterocycles. The number of rotatable bonds is 6. The molecule has 0 spiro atoms. The summed E-state index contributed by atoms with van der Waals surface area (Å²) < 4.78 is 28.3. The molecule has 2 rings (SSSR count). The zero-order chi connectivity index (χ0) is 19.5. The molecule has 6 nitrogen and oxygen atoms in total. The van der Waals surface area contributed by atoms with Gasteiger partial charge in [0.05, 0.1) is 17.3 Å². The Balaban J connectivity index is 1.85. The van der Waals surface area contributed by atoms with E-state index in [-0.39, 0.29) is 29.2 Å². The van der Waals surface area contributed by atoms with Crippen molar-refractivity contribution in [1.82, 2.24) is 4.90 Å². The second-order valence-corrected chi connectivity index (χ2v) is 9.94. The minimum atomic E-state index is -3.07. The van der Waals surface area contributed by atoms with E-state index >= 15 is 0 Å². The first-order chi connectivity index (χ1) is 12.1. The fourth-order valence-corrected chi connectivity index (χ4v) is 5.49. The second kappa shape index (κ2) is 8.43. The SMILES string of the molecule is Cc1ccc(SCC(=O)O[C@H](C)C(=O)N(C)[C@H]2CCS(=O)(=O)C2)c(C)c1. The average molecular weight is 400 g/mol. The van der Waals surface area contributed by atoms with Crippen molar-refractivity contribution in [2.45, 2.75) is 44.2 Å². The molecule has 1 aromatic rings. The van der Waals surface area contributed by atoms with Crippen LogP contribution in [-0.2, 0) is 24.2 Å². The van der Waals surface area contributed by atoms with Crippen molar-refractivity contribution in [2.75, 3.05) is 24.3 Å². The maximum Gasteiger partial charge on any atom is 0.317 e. The Morgan fingerprint density at radius 2 is 2.04 bits per heavy atom. The van der Waals surface area contributed by atoms with Gasteiger partial charge in [0.25, 0.3) is 5.91 Å². The van der Waals surface area contributed by atoms with Gasteiger partial charge in [-0.05, 0) is 38.8 Å². The molecule has 0 radical (unpaired) electrons. The number of benzene rings is 1. The molecule has 0 N–H and O–H groups in total. The number of carbonyl (C=O) groups is 2. The Hall–Kier alpha value is -1.54. The van der Waals surface area contributed by atoms with Gasteiger partial charge >= 0.3 is 5.97 Å². The fourth-order valence-electron chi connectivity index (χ4n) is 2.93. The third-order valence-corrected chi connectivity index (χ3v) is 7.34. The predicted molar refractivity (Wildman–Crippen MR) is 102 cm³/mol. The summed E-state index contributed by atoms with van der Waals surface area (Å²) >= 11 is 1.37. The van der Waals surface area contributed by atoms with Gasteiger partial charge in [0.2, 0.25) is 0 Å². The van der Waals surface area contributed by atoms with Crippen molar-refractivity contribution < 1.29 is 22.7 Å². The summed E-state index contributed by atoms with van der Waals surface area (Å²) in [4.78, 5) is 26.8. The molecule has 0 aliphatic carbocycles. The maximum absolute atomic E-state index is 12.4. The van der Waals surface area contributed by atoms with E-state index in [1.54, 1.807) is 7.05 Å². The first-order valence-electron chi connectivity index (χ1n) is 8.45. The standard InChI is InChI=1S/C18H25NO5S2/c1-12-5-6-16(13(2)9-12)25-10-17(20)24-14(3)18(21)19(4)15-7-8-26(22,23)11-15/h5-6,9,14-15H,7-8,10-11H2,1-4H3/t14-,15+/m1/s1. The summed E-state index contributed by atoms with van der Waals surface area (Å²) in [6, 6.07) is 5.64. The Morgan fingerprint density at radius 1 is 1.35 bits per heavy atom. The normalized spacial score (nSPS) is 19.8. The van der Waals surface area contributed by atoms with Crippen LogP contribution < -0.4 is 0 Å². The highest BCUT2D eigenvalue weighted by Gasteiger charge is 2.34. The Morgan fingerprint density at radius 3 is 2.62 bits per heavy atom. The highest BCUT2D eigenvalue weighted by atomic mass is 32.2. The number of ether oxygens (including phenoxy) is 1. The van der Waals surface area contributed by atoms with E-state index in [2.05, 4.69) is 0 Å². The van der Waals surface area contributed by atoms with E-state index in [1.165, 1.54) is 23.6 Å². The lowest BCUT2D eigenvalue weighted by atomic mass is 10.2. The summed E-state index contributed by atoms with van der Waals surface area (Å²) in [5, 5.41) is 0. The van der Waals surface area contributed by atoms with Crippen molar-refractivity contribution in [1.29, 1.82) is 0 Å². The van der Waals surface area contributed by atoms with E-state index in [0.29, 0.717) is 6.42 Å². The number of carbonyl (C=O) groups excluding carboxylic acids is 2. The van der Waals surface area contributed by atoms with Gasteiger partial charge in [-0.25, -0.2) is 8.42 Å². The van der Waals surface area contributed by atoms with Crippen molar-refractivity contribution in [3.63, 3.8) is 0 Å². The summed E-state index contributed by atoms with van der Waals surface area (Å²) in [7, 11) is -1.52. The number of likely N-dealkylation sites (N-methyl/N-ethyl adjacent to an activating group) is 1. The number of amides is 1. The molecule has 1 aromatic carbocycles. The number of sulfone groups is 1. The summed E-state index contributed by atoms with van der Waals surface area (Å²) in [6.45, 7) is 5.51. The minimum Gasteiger partial charge on any atom is -0.452 e. The zero-order valence-electron chi connectivity index (χ0n) is 15.5. The van der Waals surface area contributed by atoms with Gasteiger partial charge in [-0.2, -0.15) is 0 Å². The molecule has 1 amide bonds. The molecule has 0 saturated carbocycles. The van der Waals surface area contributed by atoms with Crippen molar-refractivity contribution >= 4 is 33.5 Å². The van der Waals surface area contributed by atoms with Crippen LogP contribution in [0, 0.1) is 13.8 Å². The number of nitrogens with zero attached hydrogens (tertiary/aromatic N) is 1. The molecular formula is C18H25NO5S2. The van der Waals surface area contributed by atoms with Gasteiger partial charge in [-0.3, -0.25) is 9.59 Å². The molecule has 1 aliphatic heterocycles. The first-order valence-corrected chi connectivity index (χ1v) is 11.3. The Kier molecular flexibility index (Phi) is 6.74. The van der Waals surface area contributed by atoms with E-state index in [9.17, 15) is 18.0 Å². The lowest BCUT2D eigenvalue weighted by molar-refractivity contribution is -0.157. The van der Waals surface area contributed by atoms with Crippen LogP contribution in [0.15, 0.2) is 23.1 Å². The Labute approximate surface area is 159 Å². The van der Waals surface area contributed by atoms with Crippen LogP contribution in [0.1, 0.15) is 24.5 Å². The van der Waals surface area contributed by atoms with Crippen LogP contribution in [0.4, 0.5) is 0 Å². The van der Waals surface area contributed by atoms with E-state index in [1.807, 2.05) is 32.0 Å². The molecule has 0 unspecified atom stereocenters. The molecule has 0 bridgehead atoms. The van der Waals surface area contributed by atoms with Gasteiger partial charge in [-0.1, -0.05) is 17.7 Å². The second-order valence-electron chi connectivity index (χ2n) is 6.70. The third-order valence-electron chi connectivity index (χ3n) is 4.44. The molecule has 26 heavy (non-hydrogen) atoms. The lowest BCUT2D eigenvalue weighted by Gasteiger charge is -2.26. The molecule has 1 saturated heterocycles. The topological polar surface area (TPSA) is 80.8 Å². The van der Waals surface area contributed by atoms with Gasteiger partial charge in [-0.15, -0.1) is 11.8 Å². The van der Waals surface area contributed by atoms with Gasteiger partial charge in [0, 0.05) is 18.0 Å². The van der Waals surface area contributed by atoms with Gasteiger partial charge < -0.3 is 9.64 Å². The predicted octanol–water partition coefficient (Wildman–Crippen LogP) is 1.97. The van der Waals surface area contributed by atoms with Crippen LogP contribution in [-0.4, -0.2) is 61.6 Å². The van der Waals surface area contributed by atoms with E-state index in [4.69, 9.17) is 4.74 Å². The quantitative estimate of drug-likeness (QED) is 0.537. The van der Waals surface area contributed by atoms with Crippen LogP contribution in [0.2, 0.25) is 0 Å². The highest BCUT2D eigenvalue weighted by molar-refractivity contribution is 8.00. The van der Waals surface area contributed by atoms with Gasteiger partial charge in [0.1, 0.15) is 0 Å². The fraction of sp³-hybridized carbons (Fsp3) is 0.556. The number of hydrogen-bond donors (Lipinski definition) is 0. The van der Waals surface area contributed by atoms with Crippen LogP contribution in [0.5, 0.6) is 0 Å². The van der Waals surface area contributed by atoms with Crippen molar-refractivity contribution in [3.05, 3.63) is 29.3 Å². The summed E-state index contributed by atoms with van der Waals surface area (Å²) in [5.74, 6) is -0.669. The molecule has 8 heteroatoms. The maximum atomic E-state index is 12.4. The van der Waals surface area contributed by atoms with E-state index in [0.717, 1.165) is 16.0 Å². The minimum absolute atomic E-state index is 0.0293. The highest BCUT2D eigenvalue weighted by Crippen LogP contribution is 2.23. The van der Waals surface area contributed by atoms with E-state index < -0.39 is 21.9 Å². The van der Waals surface area contributed by atoms with Crippen LogP contribution >= 0.6 is 11.8 Å². The van der Waals surface area contributed by atoms with Crippen molar-refractivity contribution in [3.8, 4) is 0 Å². The van der Waals surface area contributed by atoms with Crippen LogP contribution in [0.25, 0.3) is 0 Å². The van der Waals surface area contributed by atoms with Crippen LogP contribution in [0.3, 0.4) is 0 Å². The first kappa shape index (κ1) is 20.8. The molecule has 1 fully saturated rings. The molecule has 1 aliphatic rings. The average Bonchev–Trinajstić information content (AvgIpc) is 2.92.